The number of ether oxygens (including phenoxy) is 1. The first-order chi connectivity index (χ1) is 7.88. The molecule has 0 saturated heterocycles. The number of hydrogen-bond acceptors (Lipinski definition) is 2. The lowest BCUT2D eigenvalue weighted by Gasteiger charge is -2.04. The zero-order valence-electron chi connectivity index (χ0n) is 9.41. The van der Waals surface area contributed by atoms with Crippen molar-refractivity contribution in [3.05, 3.63) is 29.8 Å². The van der Waals surface area contributed by atoms with Crippen LogP contribution in [0, 0.1) is 17.8 Å². The van der Waals surface area contributed by atoms with Crippen molar-refractivity contribution in [2.24, 2.45) is 11.7 Å². The van der Waals surface area contributed by atoms with Gasteiger partial charge < -0.3 is 10.5 Å². The van der Waals surface area contributed by atoms with Crippen LogP contribution < -0.4 is 10.5 Å². The van der Waals surface area contributed by atoms with E-state index in [1.165, 1.54) is 19.3 Å². The highest BCUT2D eigenvalue weighted by molar-refractivity contribution is 5.38. The van der Waals surface area contributed by atoms with E-state index >= 15 is 0 Å². The highest BCUT2D eigenvalue weighted by Gasteiger charge is 2.20. The normalized spacial score (nSPS) is 14.1. The van der Waals surface area contributed by atoms with Crippen LogP contribution in [0.1, 0.15) is 24.8 Å². The van der Waals surface area contributed by atoms with Gasteiger partial charge in [0.25, 0.3) is 0 Å². The molecule has 2 heteroatoms. The van der Waals surface area contributed by atoms with E-state index in [9.17, 15) is 0 Å². The molecule has 16 heavy (non-hydrogen) atoms. The molecule has 0 aromatic heterocycles. The van der Waals surface area contributed by atoms with Crippen molar-refractivity contribution in [3.8, 4) is 17.6 Å². The molecule has 84 valence electrons. The largest absolute Gasteiger partial charge is 0.494 e. The smallest absolute Gasteiger partial charge is 0.119 e. The van der Waals surface area contributed by atoms with Gasteiger partial charge in [0.1, 0.15) is 5.75 Å². The number of hydrogen-bond donors (Lipinski definition) is 1. The third kappa shape index (κ3) is 3.60. The van der Waals surface area contributed by atoms with Crippen molar-refractivity contribution in [2.75, 3.05) is 13.2 Å². The Morgan fingerprint density at radius 3 is 2.62 bits per heavy atom. The summed E-state index contributed by atoms with van der Waals surface area (Å²) in [5, 5.41) is 0. The molecule has 2 N–H and O–H groups in total. The van der Waals surface area contributed by atoms with E-state index in [0.29, 0.717) is 6.54 Å². The van der Waals surface area contributed by atoms with Gasteiger partial charge in [-0.1, -0.05) is 24.7 Å². The summed E-state index contributed by atoms with van der Waals surface area (Å²) in [5.41, 5.74) is 6.29. The molecule has 0 bridgehead atoms. The predicted octanol–water partition coefficient (Wildman–Crippen LogP) is 2.18. The molecule has 0 radical (unpaired) electrons. The summed E-state index contributed by atoms with van der Waals surface area (Å²) in [4.78, 5) is 0. The van der Waals surface area contributed by atoms with Crippen molar-refractivity contribution in [1.29, 1.82) is 0 Å². The Bertz CT molecular complexity index is 381. The lowest BCUT2D eigenvalue weighted by atomic mass is 10.2. The van der Waals surface area contributed by atoms with Crippen LogP contribution in [0.25, 0.3) is 0 Å². The summed E-state index contributed by atoms with van der Waals surface area (Å²) < 4.78 is 5.64. The summed E-state index contributed by atoms with van der Waals surface area (Å²) in [7, 11) is 0. The minimum Gasteiger partial charge on any atom is -0.494 e. The van der Waals surface area contributed by atoms with Gasteiger partial charge in [0.15, 0.2) is 0 Å². The van der Waals surface area contributed by atoms with Crippen LogP contribution in [-0.2, 0) is 0 Å². The third-order valence-corrected chi connectivity index (χ3v) is 2.68. The lowest BCUT2D eigenvalue weighted by molar-refractivity contribution is 0.302. The van der Waals surface area contributed by atoms with Crippen LogP contribution in [0.3, 0.4) is 0 Å². The van der Waals surface area contributed by atoms with E-state index in [-0.39, 0.29) is 0 Å². The van der Waals surface area contributed by atoms with Crippen molar-refractivity contribution in [1.82, 2.24) is 0 Å². The fourth-order valence-corrected chi connectivity index (χ4v) is 1.54. The molecule has 1 saturated carbocycles. The number of benzene rings is 1. The first-order valence-electron chi connectivity index (χ1n) is 5.80. The zero-order chi connectivity index (χ0) is 11.2. The summed E-state index contributed by atoms with van der Waals surface area (Å²) in [6.07, 6.45) is 3.96. The maximum absolute atomic E-state index is 5.64. The molecule has 0 amide bonds. The zero-order valence-corrected chi connectivity index (χ0v) is 9.41. The van der Waals surface area contributed by atoms with Crippen molar-refractivity contribution < 1.29 is 4.74 Å². The summed E-state index contributed by atoms with van der Waals surface area (Å²) in [6, 6.07) is 7.87. The fourth-order valence-electron chi connectivity index (χ4n) is 1.54. The van der Waals surface area contributed by atoms with Crippen molar-refractivity contribution in [3.63, 3.8) is 0 Å². The molecule has 0 heterocycles. The van der Waals surface area contributed by atoms with Gasteiger partial charge in [-0.05, 0) is 36.6 Å². The molecular weight excluding hydrogens is 198 g/mol. The van der Waals surface area contributed by atoms with Gasteiger partial charge in [-0.2, -0.15) is 0 Å². The Morgan fingerprint density at radius 1 is 1.25 bits per heavy atom. The standard InChI is InChI=1S/C14H17NO/c15-10-1-2-12-5-7-14(8-6-12)16-11-9-13-3-4-13/h5-8,13H,3-4,9-11,15H2. The van der Waals surface area contributed by atoms with Crippen LogP contribution >= 0.6 is 0 Å². The molecule has 0 spiro atoms. The van der Waals surface area contributed by atoms with Crippen molar-refractivity contribution >= 4 is 0 Å². The molecule has 0 atom stereocenters. The predicted molar refractivity (Wildman–Crippen MR) is 65.2 cm³/mol. The third-order valence-electron chi connectivity index (χ3n) is 2.68. The molecule has 1 aliphatic carbocycles. The molecule has 1 aromatic carbocycles. The van der Waals surface area contributed by atoms with E-state index in [2.05, 4.69) is 11.8 Å². The van der Waals surface area contributed by atoms with E-state index < -0.39 is 0 Å². The van der Waals surface area contributed by atoms with E-state index in [0.717, 1.165) is 23.8 Å². The van der Waals surface area contributed by atoms with Crippen molar-refractivity contribution in [2.45, 2.75) is 19.3 Å². The highest BCUT2D eigenvalue weighted by atomic mass is 16.5. The summed E-state index contributed by atoms with van der Waals surface area (Å²) >= 11 is 0. The maximum Gasteiger partial charge on any atom is 0.119 e. The first-order valence-corrected chi connectivity index (χ1v) is 5.80. The Labute approximate surface area is 96.8 Å². The Kier molecular flexibility index (Phi) is 3.85. The van der Waals surface area contributed by atoms with Crippen LogP contribution in [-0.4, -0.2) is 13.2 Å². The molecule has 1 aliphatic rings. The van der Waals surface area contributed by atoms with Gasteiger partial charge >= 0.3 is 0 Å². The second-order valence-electron chi connectivity index (χ2n) is 4.11. The van der Waals surface area contributed by atoms with Gasteiger partial charge in [0, 0.05) is 5.56 Å². The van der Waals surface area contributed by atoms with Gasteiger partial charge in [-0.15, -0.1) is 0 Å². The minimum absolute atomic E-state index is 0.402. The Morgan fingerprint density at radius 2 is 2.00 bits per heavy atom. The fraction of sp³-hybridized carbons (Fsp3) is 0.429. The van der Waals surface area contributed by atoms with Crippen LogP contribution in [0.2, 0.25) is 0 Å². The van der Waals surface area contributed by atoms with Crippen LogP contribution in [0.15, 0.2) is 24.3 Å². The highest BCUT2D eigenvalue weighted by Crippen LogP contribution is 2.32. The SMILES string of the molecule is NCC#Cc1ccc(OCCC2CC2)cc1. The molecule has 2 rings (SSSR count). The Balaban J connectivity index is 1.80. The second kappa shape index (κ2) is 5.58. The molecule has 1 fully saturated rings. The second-order valence-corrected chi connectivity index (χ2v) is 4.11. The average Bonchev–Trinajstić information content (AvgIpc) is 3.12. The van der Waals surface area contributed by atoms with Crippen LogP contribution in [0.4, 0.5) is 0 Å². The maximum atomic E-state index is 5.64. The van der Waals surface area contributed by atoms with Gasteiger partial charge in [0.05, 0.1) is 13.2 Å². The Hall–Kier alpha value is -1.46. The van der Waals surface area contributed by atoms with E-state index in [1.807, 2.05) is 24.3 Å². The summed E-state index contributed by atoms with van der Waals surface area (Å²) in [5.74, 6) is 7.67. The molecular formula is C14H17NO. The molecule has 0 unspecified atom stereocenters. The van der Waals surface area contributed by atoms with Gasteiger partial charge in [0.2, 0.25) is 0 Å². The van der Waals surface area contributed by atoms with Gasteiger partial charge in [-0.3, -0.25) is 0 Å². The number of nitrogens with two attached hydrogens (primary N) is 1. The minimum atomic E-state index is 0.402. The first kappa shape index (κ1) is 11.0. The molecule has 0 aliphatic heterocycles. The molecule has 2 nitrogen and oxygen atoms in total. The van der Waals surface area contributed by atoms with Crippen LogP contribution in [0.5, 0.6) is 5.75 Å². The monoisotopic (exact) mass is 215 g/mol. The topological polar surface area (TPSA) is 35.2 Å². The number of rotatable bonds is 4. The quantitative estimate of drug-likeness (QED) is 0.781. The summed E-state index contributed by atoms with van der Waals surface area (Å²) in [6.45, 7) is 1.23. The average molecular weight is 215 g/mol. The molecule has 1 aromatic rings. The van der Waals surface area contributed by atoms with Gasteiger partial charge in [-0.25, -0.2) is 0 Å². The van der Waals surface area contributed by atoms with E-state index in [4.69, 9.17) is 10.5 Å². The lowest BCUT2D eigenvalue weighted by Crippen LogP contribution is -1.98. The van der Waals surface area contributed by atoms with E-state index in [1.54, 1.807) is 0 Å².